The fourth-order valence-corrected chi connectivity index (χ4v) is 2.93. The van der Waals surface area contributed by atoms with E-state index in [0.717, 1.165) is 17.4 Å². The normalized spacial score (nSPS) is 11.7. The van der Waals surface area contributed by atoms with Gasteiger partial charge in [-0.2, -0.15) is 0 Å². The van der Waals surface area contributed by atoms with Crippen molar-refractivity contribution in [3.05, 3.63) is 41.4 Å². The van der Waals surface area contributed by atoms with Crippen molar-refractivity contribution in [2.75, 3.05) is 0 Å². The van der Waals surface area contributed by atoms with Gasteiger partial charge in [0.1, 0.15) is 11.4 Å². The van der Waals surface area contributed by atoms with Crippen molar-refractivity contribution >= 4 is 23.3 Å². The van der Waals surface area contributed by atoms with Crippen molar-refractivity contribution in [2.24, 2.45) is 0 Å². The Hall–Kier alpha value is -2.89. The van der Waals surface area contributed by atoms with Crippen molar-refractivity contribution in [3.8, 4) is 11.1 Å². The molecule has 0 saturated carbocycles. The van der Waals surface area contributed by atoms with E-state index in [1.807, 2.05) is 27.7 Å². The second-order valence-electron chi connectivity index (χ2n) is 6.95. The molecule has 0 aliphatic heterocycles. The van der Waals surface area contributed by atoms with E-state index >= 15 is 0 Å². The summed E-state index contributed by atoms with van der Waals surface area (Å²) in [6, 6.07) is 5.24. The van der Waals surface area contributed by atoms with E-state index in [-0.39, 0.29) is 0 Å². The highest BCUT2D eigenvalue weighted by atomic mass is 16.6. The molecule has 0 aliphatic carbocycles. The molecule has 0 spiro atoms. The number of carbonyl (C=O) groups is 2. The quantitative estimate of drug-likeness (QED) is 0.642. The zero-order valence-corrected chi connectivity index (χ0v) is 14.9. The van der Waals surface area contributed by atoms with Gasteiger partial charge < -0.3 is 9.26 Å². The average Bonchev–Trinajstić information content (AvgIpc) is 3.06. The maximum absolute atomic E-state index is 12.6. The summed E-state index contributed by atoms with van der Waals surface area (Å²) in [5.74, 6) is 0.626. The van der Waals surface area contributed by atoms with Gasteiger partial charge in [-0.15, -0.1) is 0 Å². The van der Waals surface area contributed by atoms with Crippen LogP contribution in [0.3, 0.4) is 0 Å². The number of aromatic nitrogens is 2. The minimum absolute atomic E-state index is 0.495. The van der Waals surface area contributed by atoms with Crippen molar-refractivity contribution in [2.45, 2.75) is 40.2 Å². The van der Waals surface area contributed by atoms with Crippen LogP contribution in [-0.4, -0.2) is 27.7 Å². The number of fused-ring (bicyclic) bond motifs is 1. The summed E-state index contributed by atoms with van der Waals surface area (Å²) < 4.78 is 12.2. The van der Waals surface area contributed by atoms with Gasteiger partial charge in [-0.1, -0.05) is 17.3 Å². The number of hydrogen-bond donors (Lipinski definition) is 0. The average molecular weight is 340 g/mol. The van der Waals surface area contributed by atoms with E-state index in [1.54, 1.807) is 31.3 Å². The van der Waals surface area contributed by atoms with Crippen LogP contribution in [0.5, 0.6) is 0 Å². The van der Waals surface area contributed by atoms with E-state index in [9.17, 15) is 9.59 Å². The first-order valence-corrected chi connectivity index (χ1v) is 7.99. The molecule has 6 nitrogen and oxygen atoms in total. The van der Waals surface area contributed by atoms with Crippen LogP contribution in [0.25, 0.3) is 22.0 Å². The molecule has 0 atom stereocenters. The third-order valence-corrected chi connectivity index (χ3v) is 3.88. The number of rotatable bonds is 2. The lowest BCUT2D eigenvalue weighted by molar-refractivity contribution is 0.0544. The number of aryl methyl sites for hydroxylation is 2. The molecule has 25 heavy (non-hydrogen) atoms. The van der Waals surface area contributed by atoms with Gasteiger partial charge in [0.2, 0.25) is 0 Å². The van der Waals surface area contributed by atoms with Crippen LogP contribution in [0.15, 0.2) is 28.9 Å². The van der Waals surface area contributed by atoms with Gasteiger partial charge in [-0.25, -0.2) is 4.79 Å². The molecule has 2 heterocycles. The number of carbonyl (C=O) groups excluding carboxylic acids is 2. The number of nitrogens with zero attached hydrogens (tertiary/aromatic N) is 2. The first-order valence-electron chi connectivity index (χ1n) is 7.99. The molecule has 0 radical (unpaired) electrons. The highest BCUT2D eigenvalue weighted by Crippen LogP contribution is 2.36. The Balaban J connectivity index is 2.31. The topological polar surface area (TPSA) is 74.3 Å². The van der Waals surface area contributed by atoms with E-state index < -0.39 is 11.7 Å². The van der Waals surface area contributed by atoms with Crippen LogP contribution >= 0.6 is 0 Å². The molecule has 0 saturated heterocycles. The lowest BCUT2D eigenvalue weighted by Gasteiger charge is -2.19. The van der Waals surface area contributed by atoms with Gasteiger partial charge in [0.05, 0.1) is 11.2 Å². The molecule has 3 rings (SSSR count). The smallest absolute Gasteiger partial charge is 0.419 e. The summed E-state index contributed by atoms with van der Waals surface area (Å²) >= 11 is 0. The van der Waals surface area contributed by atoms with Crippen LogP contribution in [0.2, 0.25) is 0 Å². The highest BCUT2D eigenvalue weighted by Gasteiger charge is 2.24. The number of benzene rings is 1. The zero-order chi connectivity index (χ0) is 18.4. The minimum Gasteiger partial charge on any atom is -0.443 e. The van der Waals surface area contributed by atoms with Crippen LogP contribution in [0.1, 0.15) is 42.6 Å². The predicted molar refractivity (Wildman–Crippen MR) is 93.9 cm³/mol. The van der Waals surface area contributed by atoms with Crippen LogP contribution in [0.4, 0.5) is 4.79 Å². The molecule has 0 bridgehead atoms. The maximum atomic E-state index is 12.6. The lowest BCUT2D eigenvalue weighted by atomic mass is 10.0. The zero-order valence-electron chi connectivity index (χ0n) is 14.9. The second-order valence-corrected chi connectivity index (χ2v) is 6.95. The Morgan fingerprint density at radius 2 is 2.00 bits per heavy atom. The van der Waals surface area contributed by atoms with E-state index in [4.69, 9.17) is 9.26 Å². The van der Waals surface area contributed by atoms with Crippen molar-refractivity contribution in [3.63, 3.8) is 0 Å². The van der Waals surface area contributed by atoms with Crippen LogP contribution in [-0.2, 0) is 4.74 Å². The molecule has 6 heteroatoms. The molecule has 0 unspecified atom stereocenters. The maximum Gasteiger partial charge on any atom is 0.419 e. The van der Waals surface area contributed by atoms with Crippen molar-refractivity contribution < 1.29 is 18.8 Å². The SMILES string of the molecule is Cc1noc(C)c1-c1cn(C(=O)OC(C)(C)C)c2cccc(C=O)c12. The largest absolute Gasteiger partial charge is 0.443 e. The standard InChI is InChI=1S/C19H20N2O4/c1-11-16(12(2)25-20-11)14-9-21(18(23)24-19(3,4)5)15-8-6-7-13(10-22)17(14)15/h6-10H,1-5H3. The highest BCUT2D eigenvalue weighted by molar-refractivity contribution is 6.09. The summed E-state index contributed by atoms with van der Waals surface area (Å²) in [5, 5.41) is 4.66. The van der Waals surface area contributed by atoms with E-state index in [1.165, 1.54) is 4.57 Å². The summed E-state index contributed by atoms with van der Waals surface area (Å²) in [6.07, 6.45) is 1.96. The Morgan fingerprint density at radius 3 is 2.56 bits per heavy atom. The van der Waals surface area contributed by atoms with Crippen molar-refractivity contribution in [1.29, 1.82) is 0 Å². The van der Waals surface area contributed by atoms with Gasteiger partial charge in [-0.3, -0.25) is 9.36 Å². The Kier molecular flexibility index (Phi) is 3.99. The fraction of sp³-hybridized carbons (Fsp3) is 0.316. The summed E-state index contributed by atoms with van der Waals surface area (Å²) in [5.41, 5.74) is 2.67. The molecule has 2 aromatic heterocycles. The minimum atomic E-state index is -0.626. The number of ether oxygens (including phenoxy) is 1. The van der Waals surface area contributed by atoms with Gasteiger partial charge in [-0.05, 0) is 40.7 Å². The first-order chi connectivity index (χ1) is 11.7. The second kappa shape index (κ2) is 5.88. The Labute approximate surface area is 145 Å². The van der Waals surface area contributed by atoms with Gasteiger partial charge in [0.25, 0.3) is 0 Å². The molecule has 3 aromatic rings. The summed E-state index contributed by atoms with van der Waals surface area (Å²) in [7, 11) is 0. The molecular weight excluding hydrogens is 320 g/mol. The van der Waals surface area contributed by atoms with Gasteiger partial charge >= 0.3 is 6.09 Å². The Morgan fingerprint density at radius 1 is 1.28 bits per heavy atom. The molecule has 1 aromatic carbocycles. The third kappa shape index (κ3) is 2.95. The first kappa shape index (κ1) is 17.0. The Bertz CT molecular complexity index is 954. The fourth-order valence-electron chi connectivity index (χ4n) is 2.93. The number of hydrogen-bond acceptors (Lipinski definition) is 5. The van der Waals surface area contributed by atoms with Crippen LogP contribution < -0.4 is 0 Å². The third-order valence-electron chi connectivity index (χ3n) is 3.88. The molecule has 0 aliphatic rings. The monoisotopic (exact) mass is 340 g/mol. The molecule has 0 amide bonds. The van der Waals surface area contributed by atoms with Gasteiger partial charge in [0.15, 0.2) is 6.29 Å². The molecule has 0 fully saturated rings. The summed E-state index contributed by atoms with van der Waals surface area (Å²) in [6.45, 7) is 9.05. The molecular formula is C19H20N2O4. The van der Waals surface area contributed by atoms with Crippen molar-refractivity contribution in [1.82, 2.24) is 9.72 Å². The van der Waals surface area contributed by atoms with E-state index in [2.05, 4.69) is 5.16 Å². The molecule has 0 N–H and O–H groups in total. The summed E-state index contributed by atoms with van der Waals surface area (Å²) in [4.78, 5) is 24.2. The van der Waals surface area contributed by atoms with E-state index in [0.29, 0.717) is 27.9 Å². The van der Waals surface area contributed by atoms with Gasteiger partial charge in [0, 0.05) is 28.3 Å². The number of aldehydes is 1. The molecule has 130 valence electrons. The predicted octanol–water partition coefficient (Wildman–Crippen LogP) is 4.51. The van der Waals surface area contributed by atoms with Crippen LogP contribution in [0, 0.1) is 13.8 Å². The lowest BCUT2D eigenvalue weighted by Crippen LogP contribution is -2.26.